The van der Waals surface area contributed by atoms with Gasteiger partial charge in [-0.05, 0) is 99.3 Å². The Hall–Kier alpha value is -8.22. The first-order valence-corrected chi connectivity index (χ1v) is 19.9. The fourth-order valence-electron chi connectivity index (χ4n) is 8.23. The van der Waals surface area contributed by atoms with Crippen molar-refractivity contribution in [3.05, 3.63) is 205 Å². The minimum atomic E-state index is 0.364. The maximum absolute atomic E-state index is 9.25. The highest BCUT2D eigenvalue weighted by atomic mass is 16.3. The molecule has 8 aromatic carbocycles. The van der Waals surface area contributed by atoms with Crippen LogP contribution in [0.3, 0.4) is 0 Å². The van der Waals surface area contributed by atoms with Crippen molar-refractivity contribution >= 4 is 55.9 Å². The summed E-state index contributed by atoms with van der Waals surface area (Å²) < 4.78 is 6.34. The molecule has 2 N–H and O–H groups in total. The van der Waals surface area contributed by atoms with Crippen LogP contribution in [0.4, 0.5) is 5.69 Å². The molecule has 0 aliphatic heterocycles. The fourth-order valence-corrected chi connectivity index (χ4v) is 8.23. The van der Waals surface area contributed by atoms with E-state index in [-0.39, 0.29) is 0 Å². The third-order valence-corrected chi connectivity index (χ3v) is 11.2. The Balaban J connectivity index is 1.09. The Morgan fingerprint density at radius 1 is 0.483 bits per heavy atom. The highest BCUT2D eigenvalue weighted by molar-refractivity contribution is 6.55. The van der Waals surface area contributed by atoms with Gasteiger partial charge in [-0.15, -0.1) is 0 Å². The largest absolute Gasteiger partial charge is 0.456 e. The van der Waals surface area contributed by atoms with Crippen molar-refractivity contribution in [1.29, 1.82) is 5.41 Å². The number of para-hydroxylation sites is 2. The number of hydrazone groups is 1. The summed E-state index contributed by atoms with van der Waals surface area (Å²) >= 11 is 0. The number of furan rings is 1. The van der Waals surface area contributed by atoms with Crippen LogP contribution in [-0.2, 0) is 0 Å². The number of hydrogen-bond donors (Lipinski definition) is 2. The zero-order valence-electron chi connectivity index (χ0n) is 32.3. The van der Waals surface area contributed by atoms with E-state index < -0.39 is 0 Å². The second-order valence-electron chi connectivity index (χ2n) is 14.9. The molecule has 0 saturated heterocycles. The average molecular weight is 770 g/mol. The van der Waals surface area contributed by atoms with Crippen LogP contribution in [0.15, 0.2) is 204 Å². The minimum Gasteiger partial charge on any atom is -0.456 e. The lowest BCUT2D eigenvalue weighted by Gasteiger charge is -2.17. The minimum absolute atomic E-state index is 0.364. The van der Waals surface area contributed by atoms with E-state index in [2.05, 4.69) is 126 Å². The van der Waals surface area contributed by atoms with Gasteiger partial charge in [0.25, 0.3) is 0 Å². The second-order valence-corrected chi connectivity index (χ2v) is 14.9. The summed E-state index contributed by atoms with van der Waals surface area (Å²) in [6.45, 7) is 0. The number of benzene rings is 8. The van der Waals surface area contributed by atoms with Gasteiger partial charge < -0.3 is 4.42 Å². The lowest BCUT2D eigenvalue weighted by Crippen LogP contribution is -2.18. The Labute approximate surface area is 346 Å². The molecule has 282 valence electrons. The molecular weight excluding hydrogens is 735 g/mol. The Bertz CT molecular complexity index is 3290. The zero-order chi connectivity index (χ0) is 40.0. The van der Waals surface area contributed by atoms with Crippen molar-refractivity contribution in [3.63, 3.8) is 0 Å². The van der Waals surface area contributed by atoms with E-state index in [4.69, 9.17) is 14.4 Å². The van der Waals surface area contributed by atoms with E-state index in [1.807, 2.05) is 84.9 Å². The molecule has 1 aliphatic rings. The van der Waals surface area contributed by atoms with Gasteiger partial charge in [0.05, 0.1) is 22.8 Å². The van der Waals surface area contributed by atoms with Gasteiger partial charge in [0, 0.05) is 33.0 Å². The molecule has 0 saturated carbocycles. The summed E-state index contributed by atoms with van der Waals surface area (Å²) in [6, 6.07) is 64.3. The summed E-state index contributed by atoms with van der Waals surface area (Å²) in [5.41, 5.74) is 17.2. The Morgan fingerprint density at radius 2 is 1.15 bits per heavy atom. The zero-order valence-corrected chi connectivity index (χ0v) is 32.3. The lowest BCUT2D eigenvalue weighted by atomic mass is 9.89. The molecule has 0 bridgehead atoms. The summed E-state index contributed by atoms with van der Waals surface area (Å²) in [6.07, 6.45) is 3.92. The van der Waals surface area contributed by atoms with E-state index in [1.165, 1.54) is 0 Å². The summed E-state index contributed by atoms with van der Waals surface area (Å²) in [4.78, 5) is 10.7. The maximum atomic E-state index is 9.25. The predicted molar refractivity (Wildman–Crippen MR) is 247 cm³/mol. The molecule has 10 aromatic rings. The van der Waals surface area contributed by atoms with Crippen LogP contribution >= 0.6 is 0 Å². The van der Waals surface area contributed by atoms with Crippen LogP contribution in [0, 0.1) is 5.41 Å². The molecule has 0 radical (unpaired) electrons. The van der Waals surface area contributed by atoms with Crippen molar-refractivity contribution in [2.24, 2.45) is 5.10 Å². The third-order valence-electron chi connectivity index (χ3n) is 11.2. The molecule has 0 fully saturated rings. The van der Waals surface area contributed by atoms with Gasteiger partial charge in [0.15, 0.2) is 5.82 Å². The van der Waals surface area contributed by atoms with Gasteiger partial charge >= 0.3 is 0 Å². The molecule has 2 aromatic heterocycles. The molecule has 2 heterocycles. The Morgan fingerprint density at radius 3 is 1.92 bits per heavy atom. The molecule has 0 spiro atoms. The molecule has 0 amide bonds. The van der Waals surface area contributed by atoms with E-state index in [0.717, 1.165) is 99.9 Å². The fraction of sp³-hybridized carbons (Fsp3) is 0. The van der Waals surface area contributed by atoms with Crippen LogP contribution in [0.25, 0.3) is 94.9 Å². The number of nitrogens with one attached hydrogen (secondary N) is 2. The molecular formula is C54H35N5O. The number of anilines is 1. The number of aromatic nitrogens is 2. The second kappa shape index (κ2) is 14.6. The average Bonchev–Trinajstić information content (AvgIpc) is 3.71. The summed E-state index contributed by atoms with van der Waals surface area (Å²) in [5.74, 6) is 0.600. The SMILES string of the molecule is N=C1/C(=N\Nc2ccccc2)C=Cc2ccc3cc(-c4nc(-c5cc(-c6ccccc6)cc(-c6ccccc6)c5)cc(-c5cccc6oc7ccccc7c56)n4)ccc3c21. The molecule has 60 heavy (non-hydrogen) atoms. The van der Waals surface area contributed by atoms with Gasteiger partial charge in [0.2, 0.25) is 0 Å². The maximum Gasteiger partial charge on any atom is 0.160 e. The van der Waals surface area contributed by atoms with Gasteiger partial charge in [-0.1, -0.05) is 140 Å². The molecule has 1 aliphatic carbocycles. The summed E-state index contributed by atoms with van der Waals surface area (Å²) in [5, 5.41) is 17.9. The normalized spacial score (nSPS) is 13.0. The molecule has 6 heteroatoms. The standard InChI is InChI=1S/C54H35N5O/c55-53-46(59-58-42-17-8-3-9-18-42)28-26-36-23-24-37-29-38(25-27-43(37)51(36)53)54-56-47(33-48(57-54)44-20-12-22-50-52(44)45-19-10-11-21-49(45)60-50)41-31-39(34-13-4-1-5-14-34)30-40(32-41)35-15-6-2-7-16-35/h1-33,55,58H/b55-53?,59-46-. The highest BCUT2D eigenvalue weighted by Gasteiger charge is 2.21. The van der Waals surface area contributed by atoms with Crippen molar-refractivity contribution in [1.82, 2.24) is 9.97 Å². The topological polar surface area (TPSA) is 87.2 Å². The van der Waals surface area contributed by atoms with E-state index in [0.29, 0.717) is 17.2 Å². The molecule has 0 unspecified atom stereocenters. The van der Waals surface area contributed by atoms with Gasteiger partial charge in [-0.3, -0.25) is 10.8 Å². The van der Waals surface area contributed by atoms with E-state index >= 15 is 0 Å². The number of nitrogens with zero attached hydrogens (tertiary/aromatic N) is 3. The summed E-state index contributed by atoms with van der Waals surface area (Å²) in [7, 11) is 0. The number of fused-ring (bicyclic) bond motifs is 6. The molecule has 6 nitrogen and oxygen atoms in total. The van der Waals surface area contributed by atoms with Crippen LogP contribution in [0.5, 0.6) is 0 Å². The highest BCUT2D eigenvalue weighted by Crippen LogP contribution is 2.40. The first-order chi connectivity index (χ1) is 29.6. The van der Waals surface area contributed by atoms with Crippen LogP contribution in [0.1, 0.15) is 11.1 Å². The number of allylic oxidation sites excluding steroid dienone is 1. The smallest absolute Gasteiger partial charge is 0.160 e. The van der Waals surface area contributed by atoms with Crippen molar-refractivity contribution in [3.8, 4) is 56.2 Å². The number of hydrogen-bond acceptors (Lipinski definition) is 6. The predicted octanol–water partition coefficient (Wildman–Crippen LogP) is 13.7. The van der Waals surface area contributed by atoms with Gasteiger partial charge in [-0.2, -0.15) is 5.10 Å². The van der Waals surface area contributed by atoms with Crippen molar-refractivity contribution < 1.29 is 4.42 Å². The van der Waals surface area contributed by atoms with E-state index in [1.54, 1.807) is 0 Å². The van der Waals surface area contributed by atoms with Crippen molar-refractivity contribution in [2.75, 3.05) is 5.43 Å². The number of rotatable bonds is 7. The van der Waals surface area contributed by atoms with Gasteiger partial charge in [-0.25, -0.2) is 9.97 Å². The first kappa shape index (κ1) is 35.0. The molecule has 0 atom stereocenters. The van der Waals surface area contributed by atoms with E-state index in [9.17, 15) is 5.41 Å². The first-order valence-electron chi connectivity index (χ1n) is 19.9. The quantitative estimate of drug-likeness (QED) is 0.158. The van der Waals surface area contributed by atoms with Crippen molar-refractivity contribution in [2.45, 2.75) is 0 Å². The van der Waals surface area contributed by atoms with Crippen LogP contribution < -0.4 is 5.43 Å². The molecule has 11 rings (SSSR count). The van der Waals surface area contributed by atoms with Crippen LogP contribution in [0.2, 0.25) is 0 Å². The lowest BCUT2D eigenvalue weighted by molar-refractivity contribution is 0.669. The van der Waals surface area contributed by atoms with Gasteiger partial charge in [0.1, 0.15) is 16.9 Å². The Kier molecular flexibility index (Phi) is 8.52. The monoisotopic (exact) mass is 769 g/mol. The van der Waals surface area contributed by atoms with Crippen LogP contribution in [-0.4, -0.2) is 21.4 Å². The third kappa shape index (κ3) is 6.33.